The summed E-state index contributed by atoms with van der Waals surface area (Å²) < 4.78 is 25.9. The van der Waals surface area contributed by atoms with Gasteiger partial charge in [-0.1, -0.05) is 13.0 Å². The largest absolute Gasteiger partial charge is 0.301 e. The van der Waals surface area contributed by atoms with Crippen LogP contribution in [-0.2, 0) is 10.0 Å². The van der Waals surface area contributed by atoms with Crippen molar-refractivity contribution in [1.29, 1.82) is 0 Å². The zero-order valence-corrected chi connectivity index (χ0v) is 14.6. The maximum absolute atomic E-state index is 11.6. The average Bonchev–Trinajstić information content (AvgIpc) is 2.91. The van der Waals surface area contributed by atoms with Crippen LogP contribution in [0.2, 0.25) is 0 Å². The van der Waals surface area contributed by atoms with Crippen molar-refractivity contribution in [3.8, 4) is 0 Å². The highest BCUT2D eigenvalue weighted by molar-refractivity contribution is 7.88. The monoisotopic (exact) mass is 331 g/mol. The van der Waals surface area contributed by atoms with Crippen molar-refractivity contribution >= 4 is 21.4 Å². The van der Waals surface area contributed by atoms with Crippen molar-refractivity contribution in [3.63, 3.8) is 0 Å². The van der Waals surface area contributed by atoms with Crippen LogP contribution in [-0.4, -0.2) is 63.2 Å². The van der Waals surface area contributed by atoms with Crippen LogP contribution in [0.15, 0.2) is 17.5 Å². The van der Waals surface area contributed by atoms with Gasteiger partial charge < -0.3 is 4.90 Å². The molecule has 0 bridgehead atoms. The van der Waals surface area contributed by atoms with Gasteiger partial charge in [-0.05, 0) is 24.9 Å². The van der Waals surface area contributed by atoms with Crippen molar-refractivity contribution in [3.05, 3.63) is 22.4 Å². The molecule has 1 aromatic heterocycles. The summed E-state index contributed by atoms with van der Waals surface area (Å²) >= 11 is 1.70. The lowest BCUT2D eigenvalue weighted by atomic mass is 10.1. The van der Waals surface area contributed by atoms with E-state index < -0.39 is 10.0 Å². The standard InChI is InChI=1S/C14H25N3O2S2/c1-4-16-7-9-17(10-8-16)14(13-6-5-11-20-13)12(2)15-21(3,18)19/h5-6,11-12,14-15H,4,7-10H2,1-3H3/t12-,14+/m1/s1. The number of piperazine rings is 1. The lowest BCUT2D eigenvalue weighted by Gasteiger charge is -2.41. The fourth-order valence-corrected chi connectivity index (χ4v) is 4.73. The first-order valence-corrected chi connectivity index (χ1v) is 10.1. The Labute approximate surface area is 132 Å². The van der Waals surface area contributed by atoms with Crippen molar-refractivity contribution in [1.82, 2.24) is 14.5 Å². The van der Waals surface area contributed by atoms with Crippen LogP contribution in [0.3, 0.4) is 0 Å². The minimum atomic E-state index is -3.20. The molecule has 21 heavy (non-hydrogen) atoms. The molecule has 2 atom stereocenters. The van der Waals surface area contributed by atoms with E-state index in [1.165, 1.54) is 11.1 Å². The van der Waals surface area contributed by atoms with Gasteiger partial charge in [0.1, 0.15) is 0 Å². The van der Waals surface area contributed by atoms with Gasteiger partial charge in [-0.3, -0.25) is 4.90 Å². The third kappa shape index (κ3) is 4.75. The van der Waals surface area contributed by atoms with E-state index in [4.69, 9.17) is 0 Å². The SMILES string of the molecule is CCN1CCN([C@H](c2cccs2)[C@@H](C)NS(C)(=O)=O)CC1. The summed E-state index contributed by atoms with van der Waals surface area (Å²) in [6, 6.07) is 4.11. The lowest BCUT2D eigenvalue weighted by molar-refractivity contribution is 0.0888. The molecule has 0 amide bonds. The van der Waals surface area contributed by atoms with Crippen LogP contribution in [0.5, 0.6) is 0 Å². The second-order valence-electron chi connectivity index (χ2n) is 5.61. The molecule has 0 radical (unpaired) electrons. The van der Waals surface area contributed by atoms with E-state index in [-0.39, 0.29) is 12.1 Å². The van der Waals surface area contributed by atoms with Gasteiger partial charge in [-0.25, -0.2) is 13.1 Å². The third-order valence-electron chi connectivity index (χ3n) is 3.96. The molecule has 0 aliphatic carbocycles. The van der Waals surface area contributed by atoms with Crippen molar-refractivity contribution in [2.24, 2.45) is 0 Å². The Kier molecular flexibility index (Phi) is 5.79. The minimum absolute atomic E-state index is 0.110. The molecule has 1 fully saturated rings. The zero-order chi connectivity index (χ0) is 15.5. The van der Waals surface area contributed by atoms with Gasteiger partial charge >= 0.3 is 0 Å². The number of hydrogen-bond donors (Lipinski definition) is 1. The van der Waals surface area contributed by atoms with Crippen molar-refractivity contribution < 1.29 is 8.42 Å². The number of likely N-dealkylation sites (N-methyl/N-ethyl adjacent to an activating group) is 1. The quantitative estimate of drug-likeness (QED) is 0.855. The van der Waals surface area contributed by atoms with E-state index in [1.807, 2.05) is 13.0 Å². The van der Waals surface area contributed by atoms with Crippen molar-refractivity contribution in [2.45, 2.75) is 25.9 Å². The smallest absolute Gasteiger partial charge is 0.209 e. The molecule has 1 aromatic rings. The molecule has 1 aliphatic heterocycles. The van der Waals surface area contributed by atoms with E-state index in [0.29, 0.717) is 0 Å². The lowest BCUT2D eigenvalue weighted by Crippen LogP contribution is -2.52. The Hall–Kier alpha value is -0.470. The molecule has 2 rings (SSSR count). The second-order valence-corrected chi connectivity index (χ2v) is 8.37. The topological polar surface area (TPSA) is 52.6 Å². The first kappa shape index (κ1) is 16.9. The van der Waals surface area contributed by atoms with Crippen LogP contribution in [0.25, 0.3) is 0 Å². The summed E-state index contributed by atoms with van der Waals surface area (Å²) in [5.74, 6) is 0. The Balaban J connectivity index is 2.14. The Morgan fingerprint density at radius 1 is 1.33 bits per heavy atom. The van der Waals surface area contributed by atoms with E-state index in [2.05, 4.69) is 32.9 Å². The molecule has 0 saturated carbocycles. The van der Waals surface area contributed by atoms with Crippen LogP contribution in [0, 0.1) is 0 Å². The van der Waals surface area contributed by atoms with Crippen LogP contribution >= 0.6 is 11.3 Å². The normalized spacial score (nSPS) is 21.3. The predicted molar refractivity (Wildman–Crippen MR) is 88.2 cm³/mol. The van der Waals surface area contributed by atoms with Gasteiger partial charge in [0.05, 0.1) is 12.3 Å². The molecule has 7 heteroatoms. The summed E-state index contributed by atoms with van der Waals surface area (Å²) in [4.78, 5) is 6.06. The molecule has 0 aromatic carbocycles. The molecular formula is C14H25N3O2S2. The first-order chi connectivity index (χ1) is 9.90. The fraction of sp³-hybridized carbons (Fsp3) is 0.714. The summed E-state index contributed by atoms with van der Waals surface area (Å²) in [6.45, 7) is 9.26. The number of thiophene rings is 1. The highest BCUT2D eigenvalue weighted by Crippen LogP contribution is 2.29. The molecule has 1 aliphatic rings. The van der Waals surface area contributed by atoms with E-state index >= 15 is 0 Å². The molecule has 0 unspecified atom stereocenters. The van der Waals surface area contributed by atoms with Gasteiger partial charge in [0.15, 0.2) is 0 Å². The van der Waals surface area contributed by atoms with Gasteiger partial charge in [0, 0.05) is 37.1 Å². The summed E-state index contributed by atoms with van der Waals surface area (Å²) in [5, 5.41) is 2.05. The second kappa shape index (κ2) is 7.19. The average molecular weight is 332 g/mol. The molecule has 120 valence electrons. The minimum Gasteiger partial charge on any atom is -0.301 e. The van der Waals surface area contributed by atoms with E-state index in [0.717, 1.165) is 32.7 Å². The number of nitrogens with zero attached hydrogens (tertiary/aromatic N) is 2. The number of nitrogens with one attached hydrogen (secondary N) is 1. The summed E-state index contributed by atoms with van der Waals surface area (Å²) in [7, 11) is -3.20. The maximum Gasteiger partial charge on any atom is 0.209 e. The Morgan fingerprint density at radius 3 is 2.48 bits per heavy atom. The van der Waals surface area contributed by atoms with Gasteiger partial charge in [0.25, 0.3) is 0 Å². The fourth-order valence-electron chi connectivity index (χ4n) is 2.96. The highest BCUT2D eigenvalue weighted by Gasteiger charge is 2.30. The maximum atomic E-state index is 11.6. The third-order valence-corrected chi connectivity index (χ3v) is 5.70. The van der Waals surface area contributed by atoms with Gasteiger partial charge in [-0.2, -0.15) is 0 Å². The number of rotatable bonds is 6. The van der Waals surface area contributed by atoms with Crippen LogP contribution in [0.4, 0.5) is 0 Å². The number of hydrogen-bond acceptors (Lipinski definition) is 5. The molecule has 0 spiro atoms. The first-order valence-electron chi connectivity index (χ1n) is 7.38. The molecular weight excluding hydrogens is 306 g/mol. The highest BCUT2D eigenvalue weighted by atomic mass is 32.2. The van der Waals surface area contributed by atoms with Crippen molar-refractivity contribution in [2.75, 3.05) is 39.0 Å². The molecule has 5 nitrogen and oxygen atoms in total. The molecule has 2 heterocycles. The number of sulfonamides is 1. The van der Waals surface area contributed by atoms with Gasteiger partial charge in [-0.15, -0.1) is 11.3 Å². The van der Waals surface area contributed by atoms with Crippen LogP contribution in [0.1, 0.15) is 24.8 Å². The Morgan fingerprint density at radius 2 is 2.00 bits per heavy atom. The van der Waals surface area contributed by atoms with E-state index in [1.54, 1.807) is 11.3 Å². The predicted octanol–water partition coefficient (Wildman–Crippen LogP) is 1.36. The zero-order valence-electron chi connectivity index (χ0n) is 12.9. The summed E-state index contributed by atoms with van der Waals surface area (Å²) in [5.41, 5.74) is 0. The van der Waals surface area contributed by atoms with Crippen LogP contribution < -0.4 is 4.72 Å². The van der Waals surface area contributed by atoms with E-state index in [9.17, 15) is 8.42 Å². The Bertz CT molecular complexity index is 522. The van der Waals surface area contributed by atoms with Gasteiger partial charge in [0.2, 0.25) is 10.0 Å². The summed E-state index contributed by atoms with van der Waals surface area (Å²) in [6.07, 6.45) is 1.23. The molecule has 1 N–H and O–H groups in total. The molecule has 1 saturated heterocycles.